The van der Waals surface area contributed by atoms with Crippen molar-refractivity contribution in [3.8, 4) is 0 Å². The fourth-order valence-corrected chi connectivity index (χ4v) is 4.09. The molecule has 2 N–H and O–H groups in total. The zero-order chi connectivity index (χ0) is 17.9. The van der Waals surface area contributed by atoms with Gasteiger partial charge in [-0.3, -0.25) is 9.78 Å². The number of carbonyl (C=O) groups excluding carboxylic acids is 1. The van der Waals surface area contributed by atoms with Gasteiger partial charge in [0, 0.05) is 27.2 Å². The van der Waals surface area contributed by atoms with Crippen LogP contribution in [0.25, 0.3) is 0 Å². The van der Waals surface area contributed by atoms with Crippen LogP contribution in [0, 0.1) is 5.92 Å². The van der Waals surface area contributed by atoms with Crippen molar-refractivity contribution in [2.24, 2.45) is 11.7 Å². The first kappa shape index (κ1) is 18.1. The molecule has 1 aromatic heterocycles. The number of hydrogen-bond acceptors (Lipinski definition) is 5. The van der Waals surface area contributed by atoms with E-state index >= 15 is 0 Å². The monoisotopic (exact) mass is 345 g/mol. The molecule has 1 unspecified atom stereocenters. The maximum Gasteiger partial charge on any atom is 0.242 e. The van der Waals surface area contributed by atoms with Gasteiger partial charge in [-0.05, 0) is 44.4 Å². The summed E-state index contributed by atoms with van der Waals surface area (Å²) >= 11 is 0. The highest BCUT2D eigenvalue weighted by atomic mass is 16.2. The van der Waals surface area contributed by atoms with Crippen LogP contribution in [0.1, 0.15) is 50.6 Å². The molecule has 1 aliphatic carbocycles. The van der Waals surface area contributed by atoms with Gasteiger partial charge in [-0.2, -0.15) is 0 Å². The van der Waals surface area contributed by atoms with Crippen molar-refractivity contribution in [1.82, 2.24) is 14.9 Å². The number of likely N-dealkylation sites (tertiary alicyclic amines) is 1. The molecule has 1 atom stereocenters. The summed E-state index contributed by atoms with van der Waals surface area (Å²) in [5.74, 6) is 1.63. The van der Waals surface area contributed by atoms with Crippen LogP contribution in [0.2, 0.25) is 0 Å². The molecule has 2 heterocycles. The number of nitrogens with two attached hydrogens (primary N) is 1. The van der Waals surface area contributed by atoms with E-state index < -0.39 is 5.54 Å². The summed E-state index contributed by atoms with van der Waals surface area (Å²) in [6.45, 7) is 1.67. The van der Waals surface area contributed by atoms with E-state index in [0.29, 0.717) is 5.92 Å². The molecule has 1 saturated heterocycles. The summed E-state index contributed by atoms with van der Waals surface area (Å²) in [5.41, 5.74) is 6.82. The third kappa shape index (κ3) is 4.29. The van der Waals surface area contributed by atoms with Crippen LogP contribution in [0.3, 0.4) is 0 Å². The highest BCUT2D eigenvalue weighted by molar-refractivity contribution is 5.86. The van der Waals surface area contributed by atoms with Gasteiger partial charge in [-0.25, -0.2) is 4.98 Å². The largest absolute Gasteiger partial charge is 0.361 e. The molecule has 1 saturated carbocycles. The smallest absolute Gasteiger partial charge is 0.242 e. The molecule has 138 valence electrons. The van der Waals surface area contributed by atoms with Gasteiger partial charge in [0.1, 0.15) is 5.82 Å². The minimum atomic E-state index is -0.590. The van der Waals surface area contributed by atoms with Crippen molar-refractivity contribution in [3.05, 3.63) is 18.1 Å². The van der Waals surface area contributed by atoms with Crippen molar-refractivity contribution in [2.75, 3.05) is 32.1 Å². The average Bonchev–Trinajstić information content (AvgIpc) is 2.92. The topological polar surface area (TPSA) is 75.4 Å². The number of nitrogens with zero attached hydrogens (tertiary/aromatic N) is 4. The second-order valence-electron chi connectivity index (χ2n) is 7.92. The molecule has 0 aromatic carbocycles. The summed E-state index contributed by atoms with van der Waals surface area (Å²) in [4.78, 5) is 25.8. The van der Waals surface area contributed by atoms with E-state index in [4.69, 9.17) is 5.73 Å². The lowest BCUT2D eigenvalue weighted by Crippen LogP contribution is -2.53. The van der Waals surface area contributed by atoms with Gasteiger partial charge in [0.25, 0.3) is 0 Å². The molecule has 2 fully saturated rings. The van der Waals surface area contributed by atoms with E-state index in [2.05, 4.69) is 9.97 Å². The predicted molar refractivity (Wildman–Crippen MR) is 99.4 cm³/mol. The summed E-state index contributed by atoms with van der Waals surface area (Å²) < 4.78 is 0. The van der Waals surface area contributed by atoms with Crippen LogP contribution in [-0.4, -0.2) is 53.5 Å². The van der Waals surface area contributed by atoms with E-state index in [-0.39, 0.29) is 5.91 Å². The van der Waals surface area contributed by atoms with E-state index in [1.807, 2.05) is 36.3 Å². The fourth-order valence-electron chi connectivity index (χ4n) is 4.09. The Balaban J connectivity index is 1.55. The molecule has 1 amide bonds. The Hall–Kier alpha value is -1.69. The fraction of sp³-hybridized carbons (Fsp3) is 0.737. The Morgan fingerprint density at radius 2 is 1.96 bits per heavy atom. The normalized spacial score (nSPS) is 23.3. The second-order valence-corrected chi connectivity index (χ2v) is 7.92. The summed E-state index contributed by atoms with van der Waals surface area (Å²) in [6, 6.07) is 0. The van der Waals surface area contributed by atoms with E-state index in [1.165, 1.54) is 0 Å². The molecule has 0 radical (unpaired) electrons. The first-order valence-electron chi connectivity index (χ1n) is 9.54. The van der Waals surface area contributed by atoms with Gasteiger partial charge in [0.2, 0.25) is 5.91 Å². The third-order valence-electron chi connectivity index (χ3n) is 5.70. The number of hydrogen-bond donors (Lipinski definition) is 1. The summed E-state index contributed by atoms with van der Waals surface area (Å²) in [5, 5.41) is 0. The molecule has 6 nitrogen and oxygen atoms in total. The highest BCUT2D eigenvalue weighted by Crippen LogP contribution is 2.30. The van der Waals surface area contributed by atoms with Gasteiger partial charge in [-0.15, -0.1) is 0 Å². The zero-order valence-corrected chi connectivity index (χ0v) is 15.6. The van der Waals surface area contributed by atoms with Crippen molar-refractivity contribution >= 4 is 11.7 Å². The van der Waals surface area contributed by atoms with E-state index in [9.17, 15) is 4.79 Å². The highest BCUT2D eigenvalue weighted by Gasteiger charge is 2.40. The lowest BCUT2D eigenvalue weighted by atomic mass is 9.95. The molecular formula is C19H31N5O. The first-order chi connectivity index (χ1) is 12.0. The van der Waals surface area contributed by atoms with Crippen molar-refractivity contribution in [2.45, 2.75) is 56.9 Å². The standard InChI is InChI=1S/C19H31N5O/c1-23(2)17-14-21-16(13-22-17)12-15-6-5-10-24(11-7-15)18(25)19(20)8-3-4-9-19/h13-15H,3-12,20H2,1-2H3. The van der Waals surface area contributed by atoms with Crippen LogP contribution >= 0.6 is 0 Å². The van der Waals surface area contributed by atoms with Gasteiger partial charge in [0.05, 0.1) is 23.6 Å². The summed E-state index contributed by atoms with van der Waals surface area (Å²) in [7, 11) is 3.93. The van der Waals surface area contributed by atoms with Crippen molar-refractivity contribution < 1.29 is 4.79 Å². The number of carbonyl (C=O) groups is 1. The van der Waals surface area contributed by atoms with Gasteiger partial charge in [0.15, 0.2) is 0 Å². The number of aromatic nitrogens is 2. The molecular weight excluding hydrogens is 314 g/mol. The number of anilines is 1. The van der Waals surface area contributed by atoms with E-state index in [1.54, 1.807) is 0 Å². The maximum atomic E-state index is 12.8. The lowest BCUT2D eigenvalue weighted by Gasteiger charge is -2.30. The predicted octanol–water partition coefficient (Wildman–Crippen LogP) is 1.99. The Morgan fingerprint density at radius 3 is 2.60 bits per heavy atom. The zero-order valence-electron chi connectivity index (χ0n) is 15.6. The Kier molecular flexibility index (Phi) is 5.57. The third-order valence-corrected chi connectivity index (χ3v) is 5.70. The Labute approximate surface area is 150 Å². The van der Waals surface area contributed by atoms with Crippen molar-refractivity contribution in [1.29, 1.82) is 0 Å². The van der Waals surface area contributed by atoms with Crippen molar-refractivity contribution in [3.63, 3.8) is 0 Å². The molecule has 6 heteroatoms. The molecule has 0 spiro atoms. The molecule has 25 heavy (non-hydrogen) atoms. The Morgan fingerprint density at radius 1 is 1.20 bits per heavy atom. The van der Waals surface area contributed by atoms with Gasteiger partial charge in [-0.1, -0.05) is 12.8 Å². The molecule has 1 aliphatic heterocycles. The van der Waals surface area contributed by atoms with Crippen LogP contribution in [0.5, 0.6) is 0 Å². The van der Waals surface area contributed by atoms with Crippen LogP contribution in [0.4, 0.5) is 5.82 Å². The first-order valence-corrected chi connectivity index (χ1v) is 9.54. The second kappa shape index (κ2) is 7.68. The van der Waals surface area contributed by atoms with Crippen LogP contribution in [-0.2, 0) is 11.2 Å². The average molecular weight is 345 g/mol. The quantitative estimate of drug-likeness (QED) is 0.903. The minimum Gasteiger partial charge on any atom is -0.361 e. The number of rotatable bonds is 4. The SMILES string of the molecule is CN(C)c1cnc(CC2CCCN(C(=O)C3(N)CCCC3)CC2)cn1. The minimum absolute atomic E-state index is 0.181. The maximum absolute atomic E-state index is 12.8. The molecule has 2 aliphatic rings. The molecule has 3 rings (SSSR count). The molecule has 1 aromatic rings. The van der Waals surface area contributed by atoms with Gasteiger partial charge < -0.3 is 15.5 Å². The van der Waals surface area contributed by atoms with Crippen LogP contribution in [0.15, 0.2) is 12.4 Å². The number of amides is 1. The molecule has 0 bridgehead atoms. The Bertz CT molecular complexity index is 580. The van der Waals surface area contributed by atoms with E-state index in [0.717, 1.165) is 76.0 Å². The van der Waals surface area contributed by atoms with Crippen LogP contribution < -0.4 is 10.6 Å². The summed E-state index contributed by atoms with van der Waals surface area (Å²) in [6.07, 6.45) is 11.7. The lowest BCUT2D eigenvalue weighted by molar-refractivity contribution is -0.136. The van der Waals surface area contributed by atoms with Gasteiger partial charge >= 0.3 is 0 Å².